The highest BCUT2D eigenvalue weighted by atomic mass is 16.3. The molecule has 6 heteroatoms. The summed E-state index contributed by atoms with van der Waals surface area (Å²) in [5.41, 5.74) is 28.6. The van der Waals surface area contributed by atoms with Crippen molar-refractivity contribution in [3.63, 3.8) is 0 Å². The van der Waals surface area contributed by atoms with E-state index < -0.39 is 0 Å². The smallest absolute Gasteiger partial charge is 0.159 e. The molecule has 22 rings (SSSR count). The van der Waals surface area contributed by atoms with Crippen molar-refractivity contribution in [1.29, 1.82) is 0 Å². The van der Waals surface area contributed by atoms with E-state index in [1.54, 1.807) is 0 Å². The van der Waals surface area contributed by atoms with Gasteiger partial charge in [0.05, 0.1) is 27.8 Å². The van der Waals surface area contributed by atoms with Crippen LogP contribution in [0.25, 0.3) is 165 Å². The highest BCUT2D eigenvalue weighted by Gasteiger charge is 2.23. The summed E-state index contributed by atoms with van der Waals surface area (Å²) in [6.07, 6.45) is 0. The van der Waals surface area contributed by atoms with Gasteiger partial charge < -0.3 is 27.8 Å². The minimum Gasteiger partial charge on any atom is -0.456 e. The molecule has 22 aromatic rings. The molecule has 4 aromatic heterocycles. The van der Waals surface area contributed by atoms with Gasteiger partial charge in [-0.05, 0) is 212 Å². The zero-order valence-electron chi connectivity index (χ0n) is 61.0. The van der Waals surface area contributed by atoms with Gasteiger partial charge in [-0.15, -0.1) is 0 Å². The fourth-order valence-corrected chi connectivity index (χ4v) is 16.8. The number of fused-ring (bicyclic) bond motifs is 13. The van der Waals surface area contributed by atoms with Gasteiger partial charge in [-0.1, -0.05) is 279 Å². The summed E-state index contributed by atoms with van der Waals surface area (Å²) in [7, 11) is 0. The van der Waals surface area contributed by atoms with Crippen LogP contribution in [0.4, 0.5) is 34.1 Å². The molecule has 6 nitrogen and oxygen atoms in total. The Hall–Kier alpha value is -15.0. The summed E-state index contributed by atoms with van der Waals surface area (Å²) < 4.78 is 17.6. The first-order valence-electron chi connectivity index (χ1n) is 38.2. The third-order valence-corrected chi connectivity index (χ3v) is 22.2. The van der Waals surface area contributed by atoms with Crippen molar-refractivity contribution in [2.24, 2.45) is 0 Å². The number of rotatable bonds is 13. The van der Waals surface area contributed by atoms with Crippen molar-refractivity contribution in [3.8, 4) is 67.0 Å². The van der Waals surface area contributed by atoms with Gasteiger partial charge in [0.25, 0.3) is 0 Å². The summed E-state index contributed by atoms with van der Waals surface area (Å²) in [6, 6.07) is 152. The number of furan rings is 2. The highest BCUT2D eigenvalue weighted by Crippen LogP contribution is 2.47. The lowest BCUT2D eigenvalue weighted by atomic mass is 9.95. The van der Waals surface area contributed by atoms with Crippen LogP contribution in [0.3, 0.4) is 0 Å². The molecule has 0 atom stereocenters. The second-order valence-corrected chi connectivity index (χ2v) is 28.7. The number of benzene rings is 18. The molecule has 4 heterocycles. The van der Waals surface area contributed by atoms with Gasteiger partial charge in [-0.2, -0.15) is 0 Å². The van der Waals surface area contributed by atoms with Crippen molar-refractivity contribution >= 4 is 132 Å². The van der Waals surface area contributed by atoms with E-state index in [1.165, 1.54) is 82.2 Å². The van der Waals surface area contributed by atoms with Gasteiger partial charge >= 0.3 is 0 Å². The molecule has 0 fully saturated rings. The molecule has 0 bridgehead atoms. The Morgan fingerprint density at radius 2 is 0.536 bits per heavy atom. The fraction of sp³-hybridized carbons (Fsp3) is 0. The van der Waals surface area contributed by atoms with Crippen LogP contribution in [0.5, 0.6) is 0 Å². The minimum atomic E-state index is 0.853. The molecule has 0 aliphatic carbocycles. The summed E-state index contributed by atoms with van der Waals surface area (Å²) >= 11 is 0. The van der Waals surface area contributed by atoms with Gasteiger partial charge in [0.15, 0.2) is 5.58 Å². The van der Waals surface area contributed by atoms with E-state index >= 15 is 0 Å². The van der Waals surface area contributed by atoms with Crippen LogP contribution < -0.4 is 9.80 Å². The second kappa shape index (κ2) is 27.7. The number of hydrogen-bond donors (Lipinski definition) is 0. The molecule has 0 unspecified atom stereocenters. The molecular weight excluding hydrogens is 1360 g/mol. The molecule has 0 amide bonds. The van der Waals surface area contributed by atoms with E-state index in [0.29, 0.717) is 0 Å². The molecule has 526 valence electrons. The third kappa shape index (κ3) is 11.7. The quantitative estimate of drug-likeness (QED) is 0.115. The standard InChI is InChI=1S/C58H38N2O.C48H32N2O/c1-2-13-39(14-3-1)45-36-46(44-26-25-40-15-4-5-16-43(40)35-44)38-49(37-45)59(56-23-12-20-53-52-19-8-11-24-57(52)61-58(53)56)47-31-27-41(28-32-47)42-29-33-48(34-30-42)60-54-21-9-6-17-50(54)51-18-7-10-22-55(51)60;1-2-10-33(11-3-1)34-18-24-37(25-19-34)49(40-30-31-48-44(32-40)43-14-6-9-17-47(43)51-48)38-26-20-35(21-27-38)36-22-28-39(29-23-36)50-45-15-7-4-12-41(45)42-13-5-8-16-46(42)50/h1-38H;1-32H. The summed E-state index contributed by atoms with van der Waals surface area (Å²) in [6.45, 7) is 0. The number of para-hydroxylation sites is 7. The average Bonchev–Trinajstić information content (AvgIpc) is 1.63. The topological polar surface area (TPSA) is 42.6 Å². The molecular formula is C106H70N4O2. The maximum absolute atomic E-state index is 6.73. The second-order valence-electron chi connectivity index (χ2n) is 28.7. The Bertz CT molecular complexity index is 7170. The maximum atomic E-state index is 6.73. The lowest BCUT2D eigenvalue weighted by Crippen LogP contribution is -2.10. The monoisotopic (exact) mass is 1430 g/mol. The van der Waals surface area contributed by atoms with E-state index in [1.807, 2.05) is 18.2 Å². The number of nitrogens with zero attached hydrogens (tertiary/aromatic N) is 4. The van der Waals surface area contributed by atoms with E-state index in [-0.39, 0.29) is 0 Å². The van der Waals surface area contributed by atoms with Crippen molar-refractivity contribution in [2.45, 2.75) is 0 Å². The summed E-state index contributed by atoms with van der Waals surface area (Å²) in [4.78, 5) is 4.68. The van der Waals surface area contributed by atoms with Gasteiger partial charge in [-0.3, -0.25) is 0 Å². The van der Waals surface area contributed by atoms with Gasteiger partial charge in [0.1, 0.15) is 16.7 Å². The van der Waals surface area contributed by atoms with Crippen LogP contribution in [-0.2, 0) is 0 Å². The Morgan fingerprint density at radius 3 is 1.04 bits per heavy atom. The van der Waals surface area contributed by atoms with Crippen molar-refractivity contribution in [3.05, 3.63) is 425 Å². The first-order chi connectivity index (χ1) is 55.5. The Morgan fingerprint density at radius 1 is 0.179 bits per heavy atom. The van der Waals surface area contributed by atoms with Gasteiger partial charge in [0.2, 0.25) is 0 Å². The van der Waals surface area contributed by atoms with Crippen LogP contribution >= 0.6 is 0 Å². The predicted octanol–water partition coefficient (Wildman–Crippen LogP) is 29.8. The first-order valence-corrected chi connectivity index (χ1v) is 38.2. The largest absolute Gasteiger partial charge is 0.456 e. The molecule has 0 N–H and O–H groups in total. The molecule has 0 radical (unpaired) electrons. The van der Waals surface area contributed by atoms with Crippen molar-refractivity contribution in [1.82, 2.24) is 9.13 Å². The first kappa shape index (κ1) is 65.3. The molecule has 18 aromatic carbocycles. The third-order valence-electron chi connectivity index (χ3n) is 22.2. The molecule has 112 heavy (non-hydrogen) atoms. The summed E-state index contributed by atoms with van der Waals surface area (Å²) in [5, 5.41) is 11.9. The van der Waals surface area contributed by atoms with Gasteiger partial charge in [0, 0.05) is 82.9 Å². The zero-order valence-corrected chi connectivity index (χ0v) is 61.0. The predicted molar refractivity (Wildman–Crippen MR) is 470 cm³/mol. The Labute approximate surface area is 647 Å². The fourth-order valence-electron chi connectivity index (χ4n) is 16.8. The van der Waals surface area contributed by atoms with Gasteiger partial charge in [-0.25, -0.2) is 0 Å². The molecule has 0 aliphatic rings. The Kier molecular flexibility index (Phi) is 16.1. The van der Waals surface area contributed by atoms with Crippen LogP contribution in [0.15, 0.2) is 433 Å². The van der Waals surface area contributed by atoms with E-state index in [2.05, 4.69) is 425 Å². The number of aromatic nitrogens is 2. The molecule has 0 aliphatic heterocycles. The molecule has 0 saturated carbocycles. The van der Waals surface area contributed by atoms with Crippen molar-refractivity contribution < 1.29 is 8.83 Å². The number of hydrogen-bond acceptors (Lipinski definition) is 4. The zero-order chi connectivity index (χ0) is 74.0. The van der Waals surface area contributed by atoms with Crippen LogP contribution in [0.2, 0.25) is 0 Å². The number of anilines is 6. The SMILES string of the molecule is c1ccc(-c2cc(-c3ccc4ccccc4c3)cc(N(c3ccc(-c4ccc(-n5c6ccccc6c6ccccc65)cc4)cc3)c3cccc4c3oc3ccccc34)c2)cc1.c1ccc(-c2ccc(N(c3ccc(-c4ccc(-n5c6ccccc6c6ccccc65)cc4)cc3)c3ccc4oc5ccccc5c4c3)cc2)cc1. The maximum Gasteiger partial charge on any atom is 0.159 e. The Balaban J connectivity index is 0.000000144. The van der Waals surface area contributed by atoms with Crippen LogP contribution in [0, 0.1) is 0 Å². The lowest BCUT2D eigenvalue weighted by molar-refractivity contribution is 0.668. The minimum absolute atomic E-state index is 0.853. The van der Waals surface area contributed by atoms with E-state index in [0.717, 1.165) is 117 Å². The van der Waals surface area contributed by atoms with E-state index in [4.69, 9.17) is 8.83 Å². The lowest BCUT2D eigenvalue weighted by Gasteiger charge is -2.27. The van der Waals surface area contributed by atoms with E-state index in [9.17, 15) is 0 Å². The highest BCUT2D eigenvalue weighted by molar-refractivity contribution is 6.13. The van der Waals surface area contributed by atoms with Crippen LogP contribution in [-0.4, -0.2) is 9.13 Å². The summed E-state index contributed by atoms with van der Waals surface area (Å²) in [5.74, 6) is 0. The molecule has 0 saturated heterocycles. The van der Waals surface area contributed by atoms with Crippen LogP contribution in [0.1, 0.15) is 0 Å². The average molecular weight is 1430 g/mol. The normalized spacial score (nSPS) is 11.6. The molecule has 0 spiro atoms. The van der Waals surface area contributed by atoms with Crippen molar-refractivity contribution in [2.75, 3.05) is 9.80 Å².